The van der Waals surface area contributed by atoms with E-state index < -0.39 is 12.1 Å². The van der Waals surface area contributed by atoms with Crippen molar-refractivity contribution >= 4 is 28.9 Å². The van der Waals surface area contributed by atoms with Gasteiger partial charge in [0.2, 0.25) is 11.8 Å². The number of ether oxygens (including phenoxy) is 1. The van der Waals surface area contributed by atoms with E-state index in [4.69, 9.17) is 14.7 Å². The average molecular weight is 750 g/mol. The van der Waals surface area contributed by atoms with Crippen LogP contribution in [0, 0.1) is 29.1 Å². The highest BCUT2D eigenvalue weighted by Crippen LogP contribution is 2.59. The Bertz CT molecular complexity index is 2370. The molecule has 4 fully saturated rings. The number of nitrogens with one attached hydrogen (secondary N) is 3. The predicted octanol–water partition coefficient (Wildman–Crippen LogP) is 7.25. The minimum absolute atomic E-state index is 0.0691. The van der Waals surface area contributed by atoms with Crippen molar-refractivity contribution in [3.05, 3.63) is 107 Å². The second-order valence-corrected chi connectivity index (χ2v) is 16.6. The summed E-state index contributed by atoms with van der Waals surface area (Å²) < 4.78 is 4.79. The van der Waals surface area contributed by atoms with Gasteiger partial charge in [-0.2, -0.15) is 0 Å². The fourth-order valence-corrected chi connectivity index (χ4v) is 8.88. The van der Waals surface area contributed by atoms with Crippen LogP contribution in [0.2, 0.25) is 0 Å². The molecule has 0 bridgehead atoms. The summed E-state index contributed by atoms with van der Waals surface area (Å²) in [6.45, 7) is 6.64. The number of amides is 3. The molecule has 9 rings (SSSR count). The Morgan fingerprint density at radius 2 is 1.64 bits per heavy atom. The van der Waals surface area contributed by atoms with Gasteiger partial charge in [-0.1, -0.05) is 68.2 Å². The van der Waals surface area contributed by atoms with Crippen molar-refractivity contribution < 1.29 is 19.1 Å². The number of piperidine rings is 1. The molecule has 1 spiro atoms. The number of benzene rings is 3. The first kappa shape index (κ1) is 35.8. The van der Waals surface area contributed by atoms with Crippen LogP contribution < -0.4 is 5.32 Å². The largest absolute Gasteiger partial charge is 0.453 e. The first-order valence-electron chi connectivity index (χ1n) is 19.8. The number of methoxy groups -OCH3 is 1. The van der Waals surface area contributed by atoms with Crippen molar-refractivity contribution in [3.8, 4) is 23.1 Å². The fraction of sp³-hybridized carbons (Fsp3) is 0.400. The van der Waals surface area contributed by atoms with Crippen LogP contribution in [0.4, 0.5) is 4.79 Å². The third kappa shape index (κ3) is 6.71. The Labute approximate surface area is 326 Å². The zero-order chi connectivity index (χ0) is 38.7. The van der Waals surface area contributed by atoms with Crippen LogP contribution in [0.1, 0.15) is 99.2 Å². The molecule has 2 aliphatic heterocycles. The Balaban J connectivity index is 0.882. The molecular weight excluding hydrogens is 703 g/mol. The quantitative estimate of drug-likeness (QED) is 0.143. The molecule has 56 heavy (non-hydrogen) atoms. The first-order valence-corrected chi connectivity index (χ1v) is 19.8. The van der Waals surface area contributed by atoms with Gasteiger partial charge in [-0.15, -0.1) is 0 Å². The molecule has 3 aromatic carbocycles. The molecule has 3 N–H and O–H groups in total. The number of hydrogen-bond acceptors (Lipinski definition) is 6. The van der Waals surface area contributed by atoms with Crippen molar-refractivity contribution in [1.82, 2.24) is 35.1 Å². The second kappa shape index (κ2) is 14.0. The lowest BCUT2D eigenvalue weighted by molar-refractivity contribution is -0.136. The second-order valence-electron chi connectivity index (χ2n) is 16.6. The number of H-pyrrole nitrogens is 2. The molecule has 11 heteroatoms. The number of fused-ring (bicyclic) bond motifs is 2. The van der Waals surface area contributed by atoms with E-state index in [9.17, 15) is 14.4 Å². The SMILES string of the molecule is COC(=O)N[C@H](C(=O)N1[C@@H]2C[C@@H]2C[C@H]1c1ncc(-c2ccc(C#Cc3ccc4nc([C@@H]5CC6(CC6)CN5C(=O)[C@H](C)c5ccccc5)[nH]c4c3)cc2)[nH]1)C(C)C. The van der Waals surface area contributed by atoms with Gasteiger partial charge in [0.1, 0.15) is 17.7 Å². The summed E-state index contributed by atoms with van der Waals surface area (Å²) >= 11 is 0. The minimum Gasteiger partial charge on any atom is -0.453 e. The third-order valence-electron chi connectivity index (χ3n) is 12.4. The Morgan fingerprint density at radius 3 is 2.38 bits per heavy atom. The zero-order valence-electron chi connectivity index (χ0n) is 32.2. The van der Waals surface area contributed by atoms with E-state index in [2.05, 4.69) is 32.0 Å². The Kier molecular flexibility index (Phi) is 8.95. The van der Waals surface area contributed by atoms with Gasteiger partial charge in [-0.05, 0) is 97.7 Å². The summed E-state index contributed by atoms with van der Waals surface area (Å²) in [5, 5.41) is 2.74. The molecule has 11 nitrogen and oxygen atoms in total. The summed E-state index contributed by atoms with van der Waals surface area (Å²) in [4.78, 5) is 60.4. The van der Waals surface area contributed by atoms with Gasteiger partial charge in [0, 0.05) is 23.7 Å². The van der Waals surface area contributed by atoms with Crippen LogP contribution >= 0.6 is 0 Å². The lowest BCUT2D eigenvalue weighted by Gasteiger charge is -2.31. The van der Waals surface area contributed by atoms with Crippen LogP contribution in [0.15, 0.2) is 79.0 Å². The molecule has 2 saturated carbocycles. The van der Waals surface area contributed by atoms with Gasteiger partial charge in [-0.25, -0.2) is 14.8 Å². The minimum atomic E-state index is -0.671. The van der Waals surface area contributed by atoms with Crippen LogP contribution in [0.3, 0.4) is 0 Å². The van der Waals surface area contributed by atoms with E-state index in [1.54, 1.807) is 0 Å². The molecular formula is C45H47N7O4. The van der Waals surface area contributed by atoms with Crippen LogP contribution in [-0.2, 0) is 14.3 Å². The maximum absolute atomic E-state index is 13.8. The average Bonchev–Trinajstić information content (AvgIpc) is 3.83. The number of carbonyl (C=O) groups excluding carboxylic acids is 3. The number of aromatic amines is 2. The molecule has 2 aromatic heterocycles. The van der Waals surface area contributed by atoms with Crippen LogP contribution in [-0.4, -0.2) is 73.4 Å². The highest BCUT2D eigenvalue weighted by molar-refractivity contribution is 5.87. The van der Waals surface area contributed by atoms with Crippen molar-refractivity contribution in [3.63, 3.8) is 0 Å². The highest BCUT2D eigenvalue weighted by Gasteiger charge is 2.57. The summed E-state index contributed by atoms with van der Waals surface area (Å²) in [5.74, 6) is 8.43. The maximum atomic E-state index is 13.8. The summed E-state index contributed by atoms with van der Waals surface area (Å²) in [6.07, 6.45) is 6.31. The van der Waals surface area contributed by atoms with E-state index in [-0.39, 0.29) is 47.2 Å². The van der Waals surface area contributed by atoms with E-state index in [0.717, 1.165) is 89.3 Å². The van der Waals surface area contributed by atoms with Crippen molar-refractivity contribution in [1.29, 1.82) is 0 Å². The molecule has 6 atom stereocenters. The molecule has 4 heterocycles. The number of aromatic nitrogens is 4. The van der Waals surface area contributed by atoms with Gasteiger partial charge in [0.25, 0.3) is 0 Å². The number of alkyl carbamates (subject to hydrolysis) is 1. The first-order chi connectivity index (χ1) is 27.1. The third-order valence-corrected chi connectivity index (χ3v) is 12.4. The van der Waals surface area contributed by atoms with Crippen molar-refractivity contribution in [2.75, 3.05) is 13.7 Å². The molecule has 4 aliphatic rings. The van der Waals surface area contributed by atoms with Gasteiger partial charge in [0.15, 0.2) is 0 Å². The number of rotatable bonds is 8. The molecule has 286 valence electrons. The summed E-state index contributed by atoms with van der Waals surface area (Å²) in [7, 11) is 1.30. The Morgan fingerprint density at radius 1 is 0.893 bits per heavy atom. The fourth-order valence-electron chi connectivity index (χ4n) is 8.88. The zero-order valence-corrected chi connectivity index (χ0v) is 32.2. The monoisotopic (exact) mass is 749 g/mol. The highest BCUT2D eigenvalue weighted by atomic mass is 16.5. The van der Waals surface area contributed by atoms with E-state index in [1.165, 1.54) is 7.11 Å². The van der Waals surface area contributed by atoms with Crippen molar-refractivity contribution in [2.24, 2.45) is 17.3 Å². The maximum Gasteiger partial charge on any atom is 0.407 e. The number of carbonyl (C=O) groups is 3. The van der Waals surface area contributed by atoms with Gasteiger partial charge < -0.3 is 29.8 Å². The van der Waals surface area contributed by atoms with E-state index in [1.807, 2.05) is 105 Å². The number of imidazole rings is 2. The molecule has 2 saturated heterocycles. The van der Waals surface area contributed by atoms with Gasteiger partial charge in [0.05, 0.1) is 48.0 Å². The standard InChI is InChI=1S/C45H47N7O4/c1-26(2)39(50-44(55)56-4)43(54)52-36-21-32(36)22-37(52)40-46-24-35(49-40)31-15-12-28(13-16-31)10-11-29-14-17-33-34(20-29)48-41(47-33)38-23-45(18-19-45)25-51(38)42(53)27(3)30-8-6-5-7-9-30/h5-9,12-17,20,24,26-27,32,36-39H,18-19,21-23,25H2,1-4H3,(H,46,49)(H,47,48)(H,50,55)/t27-,32-,36-,37+,38+,39+/m1/s1. The summed E-state index contributed by atoms with van der Waals surface area (Å²) in [5.41, 5.74) is 6.64. The predicted molar refractivity (Wildman–Crippen MR) is 212 cm³/mol. The van der Waals surface area contributed by atoms with Crippen molar-refractivity contribution in [2.45, 2.75) is 83.0 Å². The number of hydrogen-bond donors (Lipinski definition) is 3. The molecule has 2 aliphatic carbocycles. The molecule has 0 radical (unpaired) electrons. The van der Waals surface area contributed by atoms with E-state index in [0.29, 0.717) is 5.92 Å². The number of likely N-dealkylation sites (tertiary alicyclic amines) is 2. The number of nitrogens with zero attached hydrogens (tertiary/aromatic N) is 4. The van der Waals surface area contributed by atoms with Crippen LogP contribution in [0.25, 0.3) is 22.3 Å². The van der Waals surface area contributed by atoms with Gasteiger partial charge in [-0.3, -0.25) is 9.59 Å². The summed E-state index contributed by atoms with van der Waals surface area (Å²) in [6, 6.07) is 23.4. The molecule has 0 unspecified atom stereocenters. The van der Waals surface area contributed by atoms with Gasteiger partial charge >= 0.3 is 6.09 Å². The molecule has 5 aromatic rings. The Hall–Kier alpha value is -5.89. The van der Waals surface area contributed by atoms with E-state index >= 15 is 0 Å². The topological polar surface area (TPSA) is 136 Å². The lowest BCUT2D eigenvalue weighted by Crippen LogP contribution is -2.52. The molecule has 3 amide bonds. The normalized spacial score (nSPS) is 22.7. The van der Waals surface area contributed by atoms with Crippen LogP contribution in [0.5, 0.6) is 0 Å². The lowest BCUT2D eigenvalue weighted by atomic mass is 9.99. The smallest absolute Gasteiger partial charge is 0.407 e.